The Labute approximate surface area is 156 Å². The van der Waals surface area contributed by atoms with Crippen LogP contribution in [0, 0.1) is 11.3 Å². The third kappa shape index (κ3) is 4.28. The molecule has 3 aromatic rings. The number of carbonyl (C=O) groups is 1. The number of aromatic nitrogens is 3. The van der Waals surface area contributed by atoms with E-state index in [4.69, 9.17) is 5.26 Å². The molecule has 3 rings (SSSR count). The molecule has 0 bridgehead atoms. The number of halogens is 3. The number of nitrogens with zero attached hydrogens (tertiary/aromatic N) is 4. The molecule has 0 spiro atoms. The zero-order valence-corrected chi connectivity index (χ0v) is 14.7. The average molecular weight is 390 g/mol. The summed E-state index contributed by atoms with van der Waals surface area (Å²) in [6.45, 7) is 0.453. The van der Waals surface area contributed by atoms with Crippen molar-refractivity contribution in [3.05, 3.63) is 54.0 Å². The monoisotopic (exact) mass is 390 g/mol. The Balaban J connectivity index is 1.80. The molecule has 5 nitrogen and oxygen atoms in total. The topological polar surface area (TPSA) is 71.6 Å². The lowest BCUT2D eigenvalue weighted by molar-refractivity contribution is -0.141. The summed E-state index contributed by atoms with van der Waals surface area (Å²) in [5.74, 6) is -0.332. The standard InChI is InChI=1S/C18H13F3N4OS/c19-18(20,21)16-6-8-23-17(24-16)27-11-15(26)13-10-25(9-3-7-22)14-5-2-1-4-12(13)14/h1-2,4-6,8,10H,3,9,11H2. The SMILES string of the molecule is N#CCCn1cc(C(=O)CSc2nccc(C(F)(F)F)n2)c2ccccc21. The Bertz CT molecular complexity index is 1020. The van der Waals surface area contributed by atoms with Gasteiger partial charge in [-0.2, -0.15) is 18.4 Å². The second-order valence-corrected chi connectivity index (χ2v) is 6.54. The average Bonchev–Trinajstić information content (AvgIpc) is 3.03. The number of para-hydroxylation sites is 1. The first-order valence-corrected chi connectivity index (χ1v) is 8.90. The van der Waals surface area contributed by atoms with Crippen LogP contribution in [0.1, 0.15) is 22.5 Å². The fourth-order valence-electron chi connectivity index (χ4n) is 2.60. The van der Waals surface area contributed by atoms with E-state index >= 15 is 0 Å². The van der Waals surface area contributed by atoms with Crippen molar-refractivity contribution in [3.63, 3.8) is 0 Å². The normalized spacial score (nSPS) is 11.5. The summed E-state index contributed by atoms with van der Waals surface area (Å²) in [5, 5.41) is 9.41. The molecular formula is C18H13F3N4OS. The Morgan fingerprint density at radius 2 is 2.04 bits per heavy atom. The molecule has 0 atom stereocenters. The second-order valence-electron chi connectivity index (χ2n) is 5.60. The number of rotatable bonds is 6. The lowest BCUT2D eigenvalue weighted by Crippen LogP contribution is -2.09. The third-order valence-corrected chi connectivity index (χ3v) is 4.67. The number of fused-ring (bicyclic) bond motifs is 1. The summed E-state index contributed by atoms with van der Waals surface area (Å²) in [5.41, 5.74) is 0.250. The lowest BCUT2D eigenvalue weighted by Gasteiger charge is -2.06. The molecule has 0 fully saturated rings. The number of Topliss-reactive ketones (excluding diaryl/α,β-unsaturated/α-hetero) is 1. The van der Waals surface area contributed by atoms with Gasteiger partial charge in [-0.1, -0.05) is 30.0 Å². The molecule has 0 radical (unpaired) electrons. The highest BCUT2D eigenvalue weighted by Crippen LogP contribution is 2.29. The molecule has 0 aliphatic heterocycles. The van der Waals surface area contributed by atoms with Gasteiger partial charge >= 0.3 is 6.18 Å². The molecule has 0 saturated heterocycles. The highest BCUT2D eigenvalue weighted by atomic mass is 32.2. The first-order chi connectivity index (χ1) is 12.9. The van der Waals surface area contributed by atoms with Crippen molar-refractivity contribution < 1.29 is 18.0 Å². The van der Waals surface area contributed by atoms with Crippen LogP contribution in [0.4, 0.5) is 13.2 Å². The van der Waals surface area contributed by atoms with Gasteiger partial charge in [0, 0.05) is 35.4 Å². The molecular weight excluding hydrogens is 377 g/mol. The Morgan fingerprint density at radius 1 is 1.26 bits per heavy atom. The first-order valence-electron chi connectivity index (χ1n) is 7.91. The lowest BCUT2D eigenvalue weighted by atomic mass is 10.1. The van der Waals surface area contributed by atoms with Crippen molar-refractivity contribution in [1.29, 1.82) is 5.26 Å². The van der Waals surface area contributed by atoms with E-state index in [0.29, 0.717) is 18.5 Å². The molecule has 0 aliphatic carbocycles. The number of hydrogen-bond donors (Lipinski definition) is 0. The van der Waals surface area contributed by atoms with Crippen LogP contribution >= 0.6 is 11.8 Å². The zero-order chi connectivity index (χ0) is 19.4. The zero-order valence-electron chi connectivity index (χ0n) is 13.9. The maximum absolute atomic E-state index is 12.7. The number of alkyl halides is 3. The number of hydrogen-bond acceptors (Lipinski definition) is 5. The fourth-order valence-corrected chi connectivity index (χ4v) is 3.31. The van der Waals surface area contributed by atoms with Crippen molar-refractivity contribution in [3.8, 4) is 6.07 Å². The summed E-state index contributed by atoms with van der Waals surface area (Å²) in [6, 6.07) is 10.1. The highest BCUT2D eigenvalue weighted by Gasteiger charge is 2.32. The molecule has 2 heterocycles. The first kappa shape index (κ1) is 18.9. The van der Waals surface area contributed by atoms with Gasteiger partial charge < -0.3 is 4.57 Å². The van der Waals surface area contributed by atoms with Crippen molar-refractivity contribution in [1.82, 2.24) is 14.5 Å². The third-order valence-electron chi connectivity index (χ3n) is 3.81. The van der Waals surface area contributed by atoms with Crippen LogP contribution in [0.15, 0.2) is 47.9 Å². The van der Waals surface area contributed by atoms with Crippen molar-refractivity contribution >= 4 is 28.4 Å². The van der Waals surface area contributed by atoms with E-state index in [0.717, 1.165) is 34.9 Å². The van der Waals surface area contributed by atoms with Gasteiger partial charge in [-0.05, 0) is 12.1 Å². The minimum absolute atomic E-state index is 0.0897. The van der Waals surface area contributed by atoms with Gasteiger partial charge in [-0.3, -0.25) is 4.79 Å². The van der Waals surface area contributed by atoms with Gasteiger partial charge in [-0.25, -0.2) is 9.97 Å². The van der Waals surface area contributed by atoms with Crippen LogP contribution in [0.5, 0.6) is 0 Å². The Morgan fingerprint density at radius 3 is 2.78 bits per heavy atom. The Hall–Kier alpha value is -2.86. The minimum atomic E-state index is -4.56. The van der Waals surface area contributed by atoms with Crippen LogP contribution in [-0.2, 0) is 12.7 Å². The second kappa shape index (κ2) is 7.80. The largest absolute Gasteiger partial charge is 0.433 e. The van der Waals surface area contributed by atoms with Gasteiger partial charge in [0.25, 0.3) is 0 Å². The van der Waals surface area contributed by atoms with E-state index in [-0.39, 0.29) is 16.7 Å². The quantitative estimate of drug-likeness (QED) is 0.356. The summed E-state index contributed by atoms with van der Waals surface area (Å²) in [7, 11) is 0. The van der Waals surface area contributed by atoms with Gasteiger partial charge in [0.2, 0.25) is 0 Å². The number of ketones is 1. The van der Waals surface area contributed by atoms with E-state index in [1.807, 2.05) is 16.7 Å². The van der Waals surface area contributed by atoms with Crippen LogP contribution in [0.3, 0.4) is 0 Å². The molecule has 2 aromatic heterocycles. The van der Waals surface area contributed by atoms with E-state index < -0.39 is 11.9 Å². The van der Waals surface area contributed by atoms with Gasteiger partial charge in [0.15, 0.2) is 10.9 Å². The van der Waals surface area contributed by atoms with Gasteiger partial charge in [0.05, 0.1) is 18.2 Å². The molecule has 27 heavy (non-hydrogen) atoms. The summed E-state index contributed by atoms with van der Waals surface area (Å²) in [4.78, 5) is 19.9. The van der Waals surface area contributed by atoms with Crippen molar-refractivity contribution in [2.45, 2.75) is 24.3 Å². The van der Waals surface area contributed by atoms with Gasteiger partial charge in [0.1, 0.15) is 5.69 Å². The van der Waals surface area contributed by atoms with E-state index in [1.54, 1.807) is 18.3 Å². The maximum atomic E-state index is 12.7. The molecule has 0 saturated carbocycles. The molecule has 0 aliphatic rings. The molecule has 0 unspecified atom stereocenters. The number of aryl methyl sites for hydroxylation is 1. The van der Waals surface area contributed by atoms with E-state index in [1.165, 1.54) is 0 Å². The number of benzene rings is 1. The van der Waals surface area contributed by atoms with E-state index in [2.05, 4.69) is 16.0 Å². The molecule has 138 valence electrons. The molecule has 0 amide bonds. The predicted octanol–water partition coefficient (Wildman–Crippen LogP) is 4.34. The Kier molecular flexibility index (Phi) is 5.46. The molecule has 0 N–H and O–H groups in total. The van der Waals surface area contributed by atoms with Gasteiger partial charge in [-0.15, -0.1) is 0 Å². The summed E-state index contributed by atoms with van der Waals surface area (Å²) >= 11 is 0.856. The summed E-state index contributed by atoms with van der Waals surface area (Å²) < 4.78 is 40.0. The minimum Gasteiger partial charge on any atom is -0.346 e. The fraction of sp³-hybridized carbons (Fsp3) is 0.222. The van der Waals surface area contributed by atoms with Crippen molar-refractivity contribution in [2.75, 3.05) is 5.75 Å². The molecule has 9 heteroatoms. The number of thioether (sulfide) groups is 1. The van der Waals surface area contributed by atoms with Crippen molar-refractivity contribution in [2.24, 2.45) is 0 Å². The maximum Gasteiger partial charge on any atom is 0.433 e. The number of carbonyl (C=O) groups excluding carboxylic acids is 1. The van der Waals surface area contributed by atoms with Crippen LogP contribution in [-0.4, -0.2) is 26.1 Å². The smallest absolute Gasteiger partial charge is 0.346 e. The van der Waals surface area contributed by atoms with E-state index in [9.17, 15) is 18.0 Å². The molecule has 1 aromatic carbocycles. The van der Waals surface area contributed by atoms with Crippen LogP contribution < -0.4 is 0 Å². The predicted molar refractivity (Wildman–Crippen MR) is 94.3 cm³/mol. The number of nitriles is 1. The summed E-state index contributed by atoms with van der Waals surface area (Å²) in [6.07, 6.45) is -1.55. The van der Waals surface area contributed by atoms with Crippen LogP contribution in [0.2, 0.25) is 0 Å². The van der Waals surface area contributed by atoms with Crippen LogP contribution in [0.25, 0.3) is 10.9 Å². The highest BCUT2D eigenvalue weighted by molar-refractivity contribution is 7.99.